The third-order valence-electron chi connectivity index (χ3n) is 3.56. The maximum absolute atomic E-state index is 11.2. The van der Waals surface area contributed by atoms with Crippen molar-refractivity contribution in [2.75, 3.05) is 5.75 Å². The quantitative estimate of drug-likeness (QED) is 0.611. The Hall–Kier alpha value is -1.69. The number of thioether (sulfide) groups is 1. The number of rotatable bonds is 6. The number of H-pyrrole nitrogens is 1. The Morgan fingerprint density at radius 1 is 1.04 bits per heavy atom. The molecule has 0 atom stereocenters. The topological polar surface area (TPSA) is 53.1 Å². The molecule has 0 aliphatic heterocycles. The van der Waals surface area contributed by atoms with Gasteiger partial charge in [0.1, 0.15) is 0 Å². The predicted octanol–water partition coefficient (Wildman–Crippen LogP) is 4.72. The summed E-state index contributed by atoms with van der Waals surface area (Å²) in [5.74, 6) is 0.979. The fourth-order valence-electron chi connectivity index (χ4n) is 2.30. The van der Waals surface area contributed by atoms with E-state index in [2.05, 4.69) is 29.2 Å². The van der Waals surface area contributed by atoms with E-state index in [1.165, 1.54) is 10.5 Å². The molecular formula is C18H16ClNO2S2. The highest BCUT2D eigenvalue weighted by atomic mass is 35.5. The first-order valence-electron chi connectivity index (χ1n) is 7.47. The summed E-state index contributed by atoms with van der Waals surface area (Å²) in [6.07, 6.45) is 1.56. The minimum Gasteiger partial charge on any atom is -0.494 e. The number of halogens is 1. The fourth-order valence-corrected chi connectivity index (χ4v) is 4.08. The molecule has 0 bridgehead atoms. The lowest BCUT2D eigenvalue weighted by Gasteiger charge is -2.04. The number of aromatic hydroxyl groups is 1. The number of aromatic amines is 1. The molecule has 0 saturated heterocycles. The normalized spacial score (nSPS) is 10.9. The first-order chi connectivity index (χ1) is 11.6. The zero-order valence-corrected chi connectivity index (χ0v) is 15.2. The van der Waals surface area contributed by atoms with Crippen LogP contribution in [-0.4, -0.2) is 15.8 Å². The van der Waals surface area contributed by atoms with Gasteiger partial charge >= 0.3 is 4.87 Å². The van der Waals surface area contributed by atoms with Gasteiger partial charge in [-0.15, -0.1) is 11.8 Å². The van der Waals surface area contributed by atoms with E-state index in [4.69, 9.17) is 11.6 Å². The molecule has 3 nitrogen and oxygen atoms in total. The highest BCUT2D eigenvalue weighted by molar-refractivity contribution is 7.99. The van der Waals surface area contributed by atoms with Crippen molar-refractivity contribution in [3.8, 4) is 5.88 Å². The second-order valence-electron chi connectivity index (χ2n) is 5.33. The number of thiazole rings is 1. The molecule has 0 unspecified atom stereocenters. The Labute approximate surface area is 153 Å². The summed E-state index contributed by atoms with van der Waals surface area (Å²) in [5, 5.41) is 10.4. The van der Waals surface area contributed by atoms with Gasteiger partial charge in [0, 0.05) is 22.1 Å². The van der Waals surface area contributed by atoms with Crippen molar-refractivity contribution < 1.29 is 5.11 Å². The van der Waals surface area contributed by atoms with Gasteiger partial charge in [-0.3, -0.25) is 9.78 Å². The molecule has 0 fully saturated rings. The van der Waals surface area contributed by atoms with Crippen LogP contribution in [0.4, 0.5) is 0 Å². The first-order valence-corrected chi connectivity index (χ1v) is 9.65. The zero-order chi connectivity index (χ0) is 16.9. The van der Waals surface area contributed by atoms with Crippen LogP contribution in [0.3, 0.4) is 0 Å². The van der Waals surface area contributed by atoms with Crippen molar-refractivity contribution in [1.82, 2.24) is 4.98 Å². The van der Waals surface area contributed by atoms with Crippen molar-refractivity contribution in [1.29, 1.82) is 0 Å². The van der Waals surface area contributed by atoms with Crippen molar-refractivity contribution in [3.63, 3.8) is 0 Å². The number of benzene rings is 2. The molecule has 6 heteroatoms. The molecule has 2 N–H and O–H groups in total. The third-order valence-corrected chi connectivity index (χ3v) is 5.70. The minimum atomic E-state index is -0.225. The number of hydrogen-bond donors (Lipinski definition) is 2. The van der Waals surface area contributed by atoms with E-state index in [1.807, 2.05) is 24.3 Å². The highest BCUT2D eigenvalue weighted by Gasteiger charge is 2.07. The summed E-state index contributed by atoms with van der Waals surface area (Å²) in [6.45, 7) is 0. The summed E-state index contributed by atoms with van der Waals surface area (Å²) in [4.78, 5) is 15.2. The summed E-state index contributed by atoms with van der Waals surface area (Å²) >= 11 is 8.74. The molecule has 24 heavy (non-hydrogen) atoms. The second kappa shape index (κ2) is 7.92. The molecule has 0 aliphatic rings. The largest absolute Gasteiger partial charge is 0.494 e. The molecule has 0 aliphatic carbocycles. The molecule has 3 aromatic rings. The van der Waals surface area contributed by atoms with Gasteiger partial charge in [0.25, 0.3) is 0 Å². The lowest BCUT2D eigenvalue weighted by molar-refractivity contribution is 0.451. The van der Waals surface area contributed by atoms with Crippen LogP contribution in [0, 0.1) is 0 Å². The molecule has 2 aromatic carbocycles. The van der Waals surface area contributed by atoms with E-state index in [9.17, 15) is 9.90 Å². The molecule has 3 rings (SSSR count). The zero-order valence-electron chi connectivity index (χ0n) is 12.8. The summed E-state index contributed by atoms with van der Waals surface area (Å²) in [5.41, 5.74) is 2.35. The van der Waals surface area contributed by atoms with Crippen LogP contribution in [0.5, 0.6) is 5.88 Å². The molecule has 124 valence electrons. The van der Waals surface area contributed by atoms with Gasteiger partial charge < -0.3 is 5.11 Å². The van der Waals surface area contributed by atoms with E-state index < -0.39 is 0 Å². The second-order valence-corrected chi connectivity index (χ2v) is 8.00. The van der Waals surface area contributed by atoms with Crippen molar-refractivity contribution >= 4 is 34.7 Å². The van der Waals surface area contributed by atoms with Gasteiger partial charge in [-0.05, 0) is 41.8 Å². The van der Waals surface area contributed by atoms with Gasteiger partial charge in [0.05, 0.1) is 4.88 Å². The van der Waals surface area contributed by atoms with Gasteiger partial charge in [0.2, 0.25) is 5.88 Å². The predicted molar refractivity (Wildman–Crippen MR) is 102 cm³/mol. The van der Waals surface area contributed by atoms with E-state index in [0.717, 1.165) is 34.1 Å². The van der Waals surface area contributed by atoms with Gasteiger partial charge in [-0.2, -0.15) is 0 Å². The number of aryl methyl sites for hydroxylation is 1. The van der Waals surface area contributed by atoms with Crippen LogP contribution in [0.15, 0.2) is 58.2 Å². The molecule has 1 heterocycles. The van der Waals surface area contributed by atoms with Gasteiger partial charge in [0.15, 0.2) is 0 Å². The highest BCUT2D eigenvalue weighted by Crippen LogP contribution is 2.24. The number of hydrogen-bond acceptors (Lipinski definition) is 4. The van der Waals surface area contributed by atoms with Crippen molar-refractivity contribution in [2.24, 2.45) is 0 Å². The Morgan fingerprint density at radius 2 is 1.71 bits per heavy atom. The monoisotopic (exact) mass is 377 g/mol. The average molecular weight is 378 g/mol. The SMILES string of the molecule is O=c1[nH]c(O)c(Cc2ccc(SCCc3ccc(Cl)cc3)cc2)s1. The van der Waals surface area contributed by atoms with Crippen molar-refractivity contribution in [2.45, 2.75) is 17.7 Å². The molecule has 0 spiro atoms. The maximum atomic E-state index is 11.2. The van der Waals surface area contributed by atoms with Crippen molar-refractivity contribution in [3.05, 3.63) is 79.2 Å². The molecule has 0 radical (unpaired) electrons. The van der Waals surface area contributed by atoms with Gasteiger partial charge in [-0.25, -0.2) is 0 Å². The van der Waals surface area contributed by atoms with Crippen LogP contribution in [0.25, 0.3) is 0 Å². The third kappa shape index (κ3) is 4.66. The van der Waals surface area contributed by atoms with E-state index >= 15 is 0 Å². The summed E-state index contributed by atoms with van der Waals surface area (Å²) < 4.78 is 0. The van der Waals surface area contributed by atoms with E-state index in [1.54, 1.807) is 11.8 Å². The Morgan fingerprint density at radius 3 is 2.33 bits per heavy atom. The molecule has 1 aromatic heterocycles. The van der Waals surface area contributed by atoms with Crippen LogP contribution in [-0.2, 0) is 12.8 Å². The van der Waals surface area contributed by atoms with Crippen LogP contribution in [0.2, 0.25) is 5.02 Å². The lowest BCUT2D eigenvalue weighted by Crippen LogP contribution is -1.89. The fraction of sp³-hybridized carbons (Fsp3) is 0.167. The smallest absolute Gasteiger partial charge is 0.307 e. The lowest BCUT2D eigenvalue weighted by atomic mass is 10.1. The summed E-state index contributed by atoms with van der Waals surface area (Å²) in [6, 6.07) is 16.2. The molecule has 0 amide bonds. The van der Waals surface area contributed by atoms with Crippen LogP contribution in [0.1, 0.15) is 16.0 Å². The maximum Gasteiger partial charge on any atom is 0.307 e. The average Bonchev–Trinajstić information content (AvgIpc) is 2.88. The van der Waals surface area contributed by atoms with Crippen LogP contribution >= 0.6 is 34.7 Å². The van der Waals surface area contributed by atoms with E-state index in [0.29, 0.717) is 11.3 Å². The number of nitrogens with one attached hydrogen (secondary N) is 1. The minimum absolute atomic E-state index is 0.0218. The Bertz CT molecular complexity index is 854. The molecule has 0 saturated carbocycles. The van der Waals surface area contributed by atoms with E-state index in [-0.39, 0.29) is 10.8 Å². The summed E-state index contributed by atoms with van der Waals surface area (Å²) in [7, 11) is 0. The Kier molecular flexibility index (Phi) is 5.66. The number of aromatic nitrogens is 1. The van der Waals surface area contributed by atoms with Gasteiger partial charge in [-0.1, -0.05) is 47.2 Å². The Balaban J connectivity index is 1.53. The molecular weight excluding hydrogens is 362 g/mol. The standard InChI is InChI=1S/C18H16ClNO2S2/c19-14-5-1-12(2-6-14)9-10-23-15-7-3-13(4-8-15)11-16-17(21)20-18(22)24-16/h1-8,21H,9-11H2,(H,20,22). The first kappa shape index (κ1) is 17.1. The van der Waals surface area contributed by atoms with Crippen LogP contribution < -0.4 is 4.87 Å².